The maximum atomic E-state index is 10.8. The summed E-state index contributed by atoms with van der Waals surface area (Å²) in [4.78, 5) is 9.81. The van der Waals surface area contributed by atoms with E-state index in [2.05, 4.69) is 184 Å². The Hall–Kier alpha value is -11.4. The molecule has 0 fully saturated rings. The minimum Gasteiger partial charge on any atom is -0.309 e. The van der Waals surface area contributed by atoms with E-state index < -0.39 is 0 Å². The predicted molar refractivity (Wildman–Crippen MR) is 306 cm³/mol. The van der Waals surface area contributed by atoms with Gasteiger partial charge in [0.1, 0.15) is 0 Å². The summed E-state index contributed by atoms with van der Waals surface area (Å²) < 4.78 is 7.02. The van der Waals surface area contributed by atoms with Gasteiger partial charge in [-0.3, -0.25) is 0 Å². The van der Waals surface area contributed by atoms with Crippen LogP contribution in [0.3, 0.4) is 0 Å². The Morgan fingerprint density at radius 3 is 1.21 bits per heavy atom. The van der Waals surface area contributed by atoms with Gasteiger partial charge in [0.05, 0.1) is 91.0 Å². The fourth-order valence-corrected chi connectivity index (χ4v) is 11.3. The SMILES string of the molecule is N#Cc1cccc(-c2cc(-c3cc(C#N)c(-c4ccc(-n5c6ccc(-n7c8ccccc8c8ccccc87)cc6c6cc(-n7c8ccccc8c8ccccc87)ccc65)cc4)cc3C#N)nc(-c3cccc(C#N)c3)n2)c1. The van der Waals surface area contributed by atoms with Crippen LogP contribution in [0.5, 0.6) is 0 Å². The molecule has 4 heterocycles. The molecule has 0 unspecified atom stereocenters. The fourth-order valence-electron chi connectivity index (χ4n) is 11.3. The summed E-state index contributed by atoms with van der Waals surface area (Å²) in [5.74, 6) is 0.329. The Balaban J connectivity index is 0.919. The Bertz CT molecular complexity index is 4630. The minimum absolute atomic E-state index is 0.315. The number of nitrogens with zero attached hydrogens (tertiary/aromatic N) is 9. The maximum Gasteiger partial charge on any atom is 0.160 e. The van der Waals surface area contributed by atoms with Crippen molar-refractivity contribution < 1.29 is 0 Å². The van der Waals surface area contributed by atoms with Crippen molar-refractivity contribution in [2.24, 2.45) is 0 Å². The van der Waals surface area contributed by atoms with Crippen molar-refractivity contribution in [2.45, 2.75) is 0 Å². The van der Waals surface area contributed by atoms with Crippen molar-refractivity contribution >= 4 is 65.4 Å². The van der Waals surface area contributed by atoms with Crippen molar-refractivity contribution in [3.63, 3.8) is 0 Å². The molecule has 77 heavy (non-hydrogen) atoms. The maximum absolute atomic E-state index is 10.8. The van der Waals surface area contributed by atoms with Gasteiger partial charge in [-0.15, -0.1) is 0 Å². The number of nitriles is 4. The van der Waals surface area contributed by atoms with Crippen LogP contribution in [0.25, 0.3) is 128 Å². The summed E-state index contributed by atoms with van der Waals surface area (Å²) in [5.41, 5.74) is 15.3. The van der Waals surface area contributed by atoms with Crippen LogP contribution < -0.4 is 0 Å². The van der Waals surface area contributed by atoms with Crippen molar-refractivity contribution in [1.29, 1.82) is 21.0 Å². The van der Waals surface area contributed by atoms with Gasteiger partial charge in [0.2, 0.25) is 0 Å². The molecule has 4 aromatic heterocycles. The largest absolute Gasteiger partial charge is 0.309 e. The highest BCUT2D eigenvalue weighted by molar-refractivity contribution is 6.14. The topological polar surface area (TPSA) is 136 Å². The van der Waals surface area contributed by atoms with E-state index in [0.29, 0.717) is 61.7 Å². The fraction of sp³-hybridized carbons (Fsp3) is 0. The molecule has 10 aromatic carbocycles. The number of aromatic nitrogens is 5. The first-order chi connectivity index (χ1) is 38.0. The van der Waals surface area contributed by atoms with E-state index in [4.69, 9.17) is 9.97 Å². The van der Waals surface area contributed by atoms with Gasteiger partial charge in [-0.05, 0) is 121 Å². The number of hydrogen-bond donors (Lipinski definition) is 0. The van der Waals surface area contributed by atoms with E-state index in [-0.39, 0.29) is 0 Å². The summed E-state index contributed by atoms with van der Waals surface area (Å²) in [7, 11) is 0. The highest BCUT2D eigenvalue weighted by Crippen LogP contribution is 2.41. The number of para-hydroxylation sites is 4. The van der Waals surface area contributed by atoms with Crippen LogP contribution >= 0.6 is 0 Å². The van der Waals surface area contributed by atoms with Gasteiger partial charge in [-0.1, -0.05) is 109 Å². The van der Waals surface area contributed by atoms with E-state index in [9.17, 15) is 21.0 Å². The van der Waals surface area contributed by atoms with Crippen molar-refractivity contribution in [1.82, 2.24) is 23.7 Å². The molecule has 0 saturated heterocycles. The third-order valence-electron chi connectivity index (χ3n) is 14.8. The number of fused-ring (bicyclic) bond motifs is 9. The Morgan fingerprint density at radius 2 is 0.701 bits per heavy atom. The third kappa shape index (κ3) is 7.13. The van der Waals surface area contributed by atoms with Gasteiger partial charge in [-0.2, -0.15) is 21.0 Å². The first-order valence-electron chi connectivity index (χ1n) is 25.0. The smallest absolute Gasteiger partial charge is 0.160 e. The lowest BCUT2D eigenvalue weighted by Gasteiger charge is -2.14. The molecule has 0 atom stereocenters. The van der Waals surface area contributed by atoms with Crippen LogP contribution in [0, 0.1) is 45.3 Å². The van der Waals surface area contributed by atoms with E-state index in [0.717, 1.165) is 66.5 Å². The summed E-state index contributed by atoms with van der Waals surface area (Å²) in [6, 6.07) is 84.5. The summed E-state index contributed by atoms with van der Waals surface area (Å²) in [6.07, 6.45) is 0. The molecule has 9 nitrogen and oxygen atoms in total. The normalized spacial score (nSPS) is 11.3. The standard InChI is InChI=1S/C68H37N9/c69-38-42-11-9-13-45(31-42)60-37-61(74-68(73-60)46-14-10-12-43(32-46)39-70)57-34-47(40-71)56(33-48(57)41-72)44-23-25-49(26-24-44)75-66-29-27-50(76-62-19-5-1-15-52(62)53-16-2-6-20-63(53)76)35-58(66)59-36-51(28-30-67(59)75)77-64-21-7-3-17-54(64)55-18-4-8-22-65(55)77/h1-37H. The van der Waals surface area contributed by atoms with Crippen LogP contribution in [0.2, 0.25) is 0 Å². The van der Waals surface area contributed by atoms with Crippen LogP contribution in [0.15, 0.2) is 224 Å². The number of rotatable bonds is 7. The molecule has 14 rings (SSSR count). The van der Waals surface area contributed by atoms with Gasteiger partial charge in [0.25, 0.3) is 0 Å². The van der Waals surface area contributed by atoms with Gasteiger partial charge in [0, 0.05) is 71.6 Å². The Morgan fingerprint density at radius 1 is 0.286 bits per heavy atom. The zero-order chi connectivity index (χ0) is 51.7. The van der Waals surface area contributed by atoms with E-state index in [1.165, 1.54) is 21.5 Å². The third-order valence-corrected chi connectivity index (χ3v) is 14.8. The molecule has 0 bridgehead atoms. The molecule has 0 N–H and O–H groups in total. The molecule has 0 amide bonds. The van der Waals surface area contributed by atoms with Crippen molar-refractivity contribution in [3.8, 4) is 86.4 Å². The second kappa shape index (κ2) is 17.7. The van der Waals surface area contributed by atoms with Gasteiger partial charge in [-0.25, -0.2) is 9.97 Å². The zero-order valence-electron chi connectivity index (χ0n) is 40.9. The van der Waals surface area contributed by atoms with Crippen LogP contribution in [0.1, 0.15) is 22.3 Å². The average Bonchev–Trinajstić information content (AvgIpc) is 4.29. The average molecular weight is 980 g/mol. The second-order valence-corrected chi connectivity index (χ2v) is 19.0. The lowest BCUT2D eigenvalue weighted by atomic mass is 9.92. The first kappa shape index (κ1) is 44.3. The van der Waals surface area contributed by atoms with Crippen LogP contribution in [-0.2, 0) is 0 Å². The molecular formula is C68H37N9. The number of hydrogen-bond acceptors (Lipinski definition) is 6. The molecule has 0 aliphatic carbocycles. The highest BCUT2D eigenvalue weighted by Gasteiger charge is 2.21. The quantitative estimate of drug-likeness (QED) is 0.156. The summed E-state index contributed by atoms with van der Waals surface area (Å²) >= 11 is 0. The van der Waals surface area contributed by atoms with Gasteiger partial charge in [0.15, 0.2) is 5.82 Å². The predicted octanol–water partition coefficient (Wildman–Crippen LogP) is 15.9. The lowest BCUT2D eigenvalue weighted by molar-refractivity contribution is 1.16. The summed E-state index contributed by atoms with van der Waals surface area (Å²) in [6.45, 7) is 0. The second-order valence-electron chi connectivity index (χ2n) is 19.0. The molecule has 0 aliphatic rings. The van der Waals surface area contributed by atoms with Gasteiger partial charge >= 0.3 is 0 Å². The molecule has 0 aliphatic heterocycles. The molecular weight excluding hydrogens is 943 g/mol. The number of benzene rings is 10. The Kier molecular flexibility index (Phi) is 10.2. The molecule has 0 spiro atoms. The molecule has 0 saturated carbocycles. The molecule has 0 radical (unpaired) electrons. The van der Waals surface area contributed by atoms with Gasteiger partial charge < -0.3 is 13.7 Å². The van der Waals surface area contributed by atoms with E-state index in [1.54, 1.807) is 54.6 Å². The highest BCUT2D eigenvalue weighted by atomic mass is 15.0. The summed E-state index contributed by atoms with van der Waals surface area (Å²) in [5, 5.41) is 48.1. The van der Waals surface area contributed by atoms with Crippen LogP contribution in [-0.4, -0.2) is 23.7 Å². The van der Waals surface area contributed by atoms with E-state index in [1.807, 2.05) is 24.3 Å². The molecule has 9 heteroatoms. The lowest BCUT2D eigenvalue weighted by Crippen LogP contribution is -1.99. The minimum atomic E-state index is 0.315. The first-order valence-corrected chi connectivity index (χ1v) is 25.0. The van der Waals surface area contributed by atoms with Crippen molar-refractivity contribution in [2.75, 3.05) is 0 Å². The molecule has 354 valence electrons. The zero-order valence-corrected chi connectivity index (χ0v) is 40.9. The Labute approximate surface area is 441 Å². The molecule has 14 aromatic rings. The van der Waals surface area contributed by atoms with E-state index >= 15 is 0 Å². The van der Waals surface area contributed by atoms with Crippen molar-refractivity contribution in [3.05, 3.63) is 247 Å². The van der Waals surface area contributed by atoms with Crippen LogP contribution in [0.4, 0.5) is 0 Å². The monoisotopic (exact) mass is 979 g/mol.